The number of esters is 1. The van der Waals surface area contributed by atoms with Crippen molar-refractivity contribution in [2.75, 3.05) is 6.61 Å². The van der Waals surface area contributed by atoms with Crippen LogP contribution >= 0.6 is 23.2 Å². The van der Waals surface area contributed by atoms with E-state index in [1.165, 1.54) is 44.2 Å². The fourth-order valence-electron chi connectivity index (χ4n) is 5.10. The van der Waals surface area contributed by atoms with Crippen LogP contribution in [0.15, 0.2) is 36.4 Å². The van der Waals surface area contributed by atoms with Crippen LogP contribution in [0.1, 0.15) is 43.7 Å². The number of rotatable bonds is 8. The molecule has 1 aliphatic heterocycles. The Morgan fingerprint density at radius 1 is 1.26 bits per heavy atom. The molecule has 0 spiro atoms. The molecule has 1 fully saturated rings. The van der Waals surface area contributed by atoms with Gasteiger partial charge in [-0.05, 0) is 30.7 Å². The van der Waals surface area contributed by atoms with E-state index in [1.54, 1.807) is 0 Å². The van der Waals surface area contributed by atoms with Crippen LogP contribution in [0.3, 0.4) is 0 Å². The van der Waals surface area contributed by atoms with Gasteiger partial charge in [0.15, 0.2) is 0 Å². The van der Waals surface area contributed by atoms with Crippen molar-refractivity contribution in [2.45, 2.75) is 56.2 Å². The molecule has 0 aliphatic carbocycles. The molecular weight excluding hydrogens is 543 g/mol. The van der Waals surface area contributed by atoms with E-state index in [0.717, 1.165) is 11.0 Å². The lowest BCUT2D eigenvalue weighted by Crippen LogP contribution is -2.47. The number of likely N-dealkylation sites (tertiary alicyclic amines) is 1. The summed E-state index contributed by atoms with van der Waals surface area (Å²) in [5, 5.41) is 20.3. The molecule has 8 nitrogen and oxygen atoms in total. The van der Waals surface area contributed by atoms with Gasteiger partial charge in [0.25, 0.3) is 0 Å². The third kappa shape index (κ3) is 5.19. The molecule has 0 aromatic heterocycles. The van der Waals surface area contributed by atoms with Crippen molar-refractivity contribution in [3.05, 3.63) is 69.2 Å². The molecule has 2 amide bonds. The predicted octanol–water partition coefficient (Wildman–Crippen LogP) is 3.61. The zero-order valence-electron chi connectivity index (χ0n) is 20.5. The van der Waals surface area contributed by atoms with Gasteiger partial charge < -0.3 is 20.5 Å². The molecule has 1 heterocycles. The van der Waals surface area contributed by atoms with Crippen molar-refractivity contribution in [1.82, 2.24) is 4.90 Å². The Hall–Kier alpha value is -3.26. The zero-order chi connectivity index (χ0) is 28.4. The van der Waals surface area contributed by atoms with Crippen molar-refractivity contribution < 1.29 is 33.0 Å². The lowest BCUT2D eigenvalue weighted by Gasteiger charge is -2.33. The van der Waals surface area contributed by atoms with E-state index in [0.29, 0.717) is 0 Å². The number of aliphatic hydroxyl groups excluding tert-OH is 1. The number of benzene rings is 2. The van der Waals surface area contributed by atoms with E-state index in [4.69, 9.17) is 33.7 Å². The first-order valence-electron chi connectivity index (χ1n) is 11.6. The van der Waals surface area contributed by atoms with E-state index in [9.17, 15) is 24.8 Å². The number of primary amides is 1. The Morgan fingerprint density at radius 2 is 1.95 bits per heavy atom. The number of carbonyl (C=O) groups is 3. The molecule has 3 rings (SSSR count). The third-order valence-corrected chi connectivity index (χ3v) is 7.27. The highest BCUT2D eigenvalue weighted by Gasteiger charge is 2.64. The van der Waals surface area contributed by atoms with Crippen LogP contribution in [-0.2, 0) is 24.5 Å². The van der Waals surface area contributed by atoms with Crippen LogP contribution in [0.25, 0.3) is 0 Å². The van der Waals surface area contributed by atoms with E-state index in [2.05, 4.69) is 6.07 Å². The Bertz CT molecular complexity index is 1300. The number of halogens is 4. The van der Waals surface area contributed by atoms with Gasteiger partial charge in [0, 0.05) is 22.9 Å². The number of nitriles is 1. The van der Waals surface area contributed by atoms with Gasteiger partial charge in [0.1, 0.15) is 29.7 Å². The molecule has 38 heavy (non-hydrogen) atoms. The Balaban J connectivity index is 2.30. The number of hydrogen-bond acceptors (Lipinski definition) is 6. The summed E-state index contributed by atoms with van der Waals surface area (Å²) in [7, 11) is 0. The van der Waals surface area contributed by atoms with Crippen LogP contribution in [0.2, 0.25) is 10.0 Å². The first-order chi connectivity index (χ1) is 17.9. The molecule has 202 valence electrons. The monoisotopic (exact) mass is 567 g/mol. The average Bonchev–Trinajstić information content (AvgIpc) is 3.12. The van der Waals surface area contributed by atoms with Gasteiger partial charge in [-0.15, -0.1) is 0 Å². The summed E-state index contributed by atoms with van der Waals surface area (Å²) in [6.45, 7) is 2.31. The highest BCUT2D eigenvalue weighted by Crippen LogP contribution is 2.54. The quantitative estimate of drug-likeness (QED) is 0.468. The molecule has 1 aliphatic rings. The molecule has 12 heteroatoms. The summed E-state index contributed by atoms with van der Waals surface area (Å²) in [6.07, 6.45) is -2.05. The van der Waals surface area contributed by atoms with Gasteiger partial charge in [-0.25, -0.2) is 13.6 Å². The van der Waals surface area contributed by atoms with E-state index < -0.39 is 72.0 Å². The minimum atomic E-state index is -2.00. The Kier molecular flexibility index (Phi) is 8.97. The number of amides is 2. The van der Waals surface area contributed by atoms with E-state index in [1.807, 2.05) is 0 Å². The molecule has 1 unspecified atom stereocenters. The van der Waals surface area contributed by atoms with Crippen molar-refractivity contribution in [2.24, 2.45) is 5.73 Å². The van der Waals surface area contributed by atoms with Crippen LogP contribution in [0.5, 0.6) is 0 Å². The second-order valence-electron chi connectivity index (χ2n) is 8.96. The van der Waals surface area contributed by atoms with Crippen molar-refractivity contribution in [3.63, 3.8) is 0 Å². The predicted molar refractivity (Wildman–Crippen MR) is 134 cm³/mol. The Labute approximate surface area is 227 Å². The van der Waals surface area contributed by atoms with Crippen LogP contribution in [0.4, 0.5) is 8.78 Å². The molecule has 2 aromatic carbocycles. The smallest absolute Gasteiger partial charge is 0.329 e. The fraction of sp³-hybridized carbons (Fsp3) is 0.385. The summed E-state index contributed by atoms with van der Waals surface area (Å²) in [6, 6.07) is 6.82. The van der Waals surface area contributed by atoms with Crippen molar-refractivity contribution >= 4 is 41.0 Å². The lowest BCUT2D eigenvalue weighted by molar-refractivity contribution is -0.157. The Morgan fingerprint density at radius 3 is 2.53 bits per heavy atom. The maximum Gasteiger partial charge on any atom is 0.329 e. The number of nitrogens with zero attached hydrogens (tertiary/aromatic N) is 2. The van der Waals surface area contributed by atoms with Crippen LogP contribution < -0.4 is 5.73 Å². The van der Waals surface area contributed by atoms with Gasteiger partial charge in [-0.3, -0.25) is 9.59 Å². The maximum atomic E-state index is 15.5. The second kappa shape index (κ2) is 11.6. The summed E-state index contributed by atoms with van der Waals surface area (Å²) in [5.74, 6) is -5.88. The minimum absolute atomic E-state index is 0.0383. The standard InChI is InChI=1S/C26H25Cl2F2N3O5/c1-3-21(36)33-13(2)26(12-31,17-8-7-14(27)9-19(17)29)22(16-5-4-6-18(28)23(16)30)24(33)25(37)38-11-15(34)10-20(32)35/h4-9,13,15,22,24,34H,3,10-11H2,1-2H3,(H2,32,35)/t13-,15?,22-,24+,26+/m0/s1. The average molecular weight is 568 g/mol. The third-order valence-electron chi connectivity index (χ3n) is 6.75. The molecule has 3 N–H and O–H groups in total. The molecular formula is C26H25Cl2F2N3O5. The zero-order valence-corrected chi connectivity index (χ0v) is 22.0. The molecule has 5 atom stereocenters. The summed E-state index contributed by atoms with van der Waals surface area (Å²) in [4.78, 5) is 38.9. The SMILES string of the molecule is CCC(=O)N1[C@@H](C)[C@](C#N)(c2ccc(Cl)cc2F)[C@@H](c2cccc(Cl)c2F)[C@@H]1C(=O)OCC(O)CC(N)=O. The van der Waals surface area contributed by atoms with Crippen molar-refractivity contribution in [3.8, 4) is 6.07 Å². The molecule has 0 saturated carbocycles. The number of nitrogens with two attached hydrogens (primary N) is 1. The highest BCUT2D eigenvalue weighted by atomic mass is 35.5. The first-order valence-corrected chi connectivity index (χ1v) is 12.4. The number of carbonyl (C=O) groups excluding carboxylic acids is 3. The van der Waals surface area contributed by atoms with E-state index >= 15 is 8.78 Å². The summed E-state index contributed by atoms with van der Waals surface area (Å²) in [5.41, 5.74) is 2.64. The van der Waals surface area contributed by atoms with Gasteiger partial charge >= 0.3 is 5.97 Å². The van der Waals surface area contributed by atoms with Gasteiger partial charge in [-0.2, -0.15) is 5.26 Å². The highest BCUT2D eigenvalue weighted by molar-refractivity contribution is 6.31. The maximum absolute atomic E-state index is 15.5. The van der Waals surface area contributed by atoms with Crippen molar-refractivity contribution in [1.29, 1.82) is 5.26 Å². The minimum Gasteiger partial charge on any atom is -0.461 e. The number of ether oxygens (including phenoxy) is 1. The van der Waals surface area contributed by atoms with Gasteiger partial charge in [0.05, 0.1) is 29.7 Å². The lowest BCUT2D eigenvalue weighted by atomic mass is 9.65. The molecule has 0 radical (unpaired) electrons. The first kappa shape index (κ1) is 29.3. The van der Waals surface area contributed by atoms with Gasteiger partial charge in [0.2, 0.25) is 11.8 Å². The summed E-state index contributed by atoms with van der Waals surface area (Å²) < 4.78 is 36.2. The van der Waals surface area contributed by atoms with Gasteiger partial charge in [-0.1, -0.05) is 48.3 Å². The molecule has 2 aromatic rings. The van der Waals surface area contributed by atoms with Crippen LogP contribution in [-0.4, -0.2) is 52.6 Å². The van der Waals surface area contributed by atoms with E-state index in [-0.39, 0.29) is 27.6 Å². The largest absolute Gasteiger partial charge is 0.461 e. The number of hydrogen-bond donors (Lipinski definition) is 2. The normalized spacial score (nSPS) is 23.5. The summed E-state index contributed by atoms with van der Waals surface area (Å²) >= 11 is 12.0. The second-order valence-corrected chi connectivity index (χ2v) is 9.80. The topological polar surface area (TPSA) is 134 Å². The fourth-order valence-corrected chi connectivity index (χ4v) is 5.45. The molecule has 0 bridgehead atoms. The number of aliphatic hydroxyl groups is 1. The molecule has 1 saturated heterocycles. The van der Waals surface area contributed by atoms with Crippen LogP contribution in [0, 0.1) is 23.0 Å².